The standard InChI is InChI=1S/C15H25N3O2S.ClH/c1-9(2)12-8-21-14(18-12)5-6-17-15(20)10-3-4-13(19)11(16)7-10;/h8-11,13,19H,3-7,16H2,1-2H3,(H,17,20);1H/t10-,11+,13+;/m0./s1. The first-order valence-corrected chi connectivity index (χ1v) is 8.51. The molecule has 22 heavy (non-hydrogen) atoms. The molecule has 0 bridgehead atoms. The van der Waals surface area contributed by atoms with Crippen LogP contribution in [0.3, 0.4) is 0 Å². The first-order chi connectivity index (χ1) is 9.97. The van der Waals surface area contributed by atoms with Gasteiger partial charge in [0.05, 0.1) is 16.8 Å². The third kappa shape index (κ3) is 5.19. The van der Waals surface area contributed by atoms with Crippen molar-refractivity contribution in [1.82, 2.24) is 10.3 Å². The molecule has 3 atom stereocenters. The van der Waals surface area contributed by atoms with Gasteiger partial charge in [0, 0.05) is 30.3 Å². The summed E-state index contributed by atoms with van der Waals surface area (Å²) in [7, 11) is 0. The fraction of sp³-hybridized carbons (Fsp3) is 0.733. The maximum absolute atomic E-state index is 12.1. The molecular formula is C15H26ClN3O2S. The summed E-state index contributed by atoms with van der Waals surface area (Å²) in [5.74, 6) is 0.434. The first-order valence-electron chi connectivity index (χ1n) is 7.63. The number of halogens is 1. The molecule has 1 aliphatic rings. The Labute approximate surface area is 142 Å². The number of rotatable bonds is 5. The van der Waals surface area contributed by atoms with Crippen LogP contribution in [0.5, 0.6) is 0 Å². The summed E-state index contributed by atoms with van der Waals surface area (Å²) in [6.45, 7) is 4.86. The van der Waals surface area contributed by atoms with Crippen LogP contribution in [0.1, 0.15) is 49.7 Å². The number of carbonyl (C=O) groups is 1. The van der Waals surface area contributed by atoms with Crippen LogP contribution in [0.25, 0.3) is 0 Å². The number of nitrogens with one attached hydrogen (secondary N) is 1. The molecule has 7 heteroatoms. The van der Waals surface area contributed by atoms with E-state index in [4.69, 9.17) is 5.73 Å². The van der Waals surface area contributed by atoms with E-state index < -0.39 is 6.10 Å². The fourth-order valence-electron chi connectivity index (χ4n) is 2.57. The van der Waals surface area contributed by atoms with Gasteiger partial charge in [-0.3, -0.25) is 4.79 Å². The molecule has 0 spiro atoms. The fourth-order valence-corrected chi connectivity index (χ4v) is 3.53. The molecule has 0 saturated heterocycles. The molecular weight excluding hydrogens is 322 g/mol. The van der Waals surface area contributed by atoms with Gasteiger partial charge in [-0.05, 0) is 25.2 Å². The lowest BCUT2D eigenvalue weighted by atomic mass is 9.84. The van der Waals surface area contributed by atoms with Crippen molar-refractivity contribution in [3.63, 3.8) is 0 Å². The Morgan fingerprint density at radius 3 is 2.86 bits per heavy atom. The predicted octanol–water partition coefficient (Wildman–Crippen LogP) is 1.84. The van der Waals surface area contributed by atoms with Gasteiger partial charge in [-0.2, -0.15) is 0 Å². The van der Waals surface area contributed by atoms with E-state index in [1.807, 2.05) is 0 Å². The average molecular weight is 348 g/mol. The van der Waals surface area contributed by atoms with Crippen LogP contribution in [-0.2, 0) is 11.2 Å². The topological polar surface area (TPSA) is 88.2 Å². The van der Waals surface area contributed by atoms with Crippen LogP contribution >= 0.6 is 23.7 Å². The van der Waals surface area contributed by atoms with E-state index in [0.29, 0.717) is 25.3 Å². The van der Waals surface area contributed by atoms with Crippen LogP contribution in [0.2, 0.25) is 0 Å². The maximum Gasteiger partial charge on any atom is 0.223 e. The molecule has 1 aromatic rings. The van der Waals surface area contributed by atoms with Gasteiger partial charge in [-0.1, -0.05) is 13.8 Å². The van der Waals surface area contributed by atoms with Crippen molar-refractivity contribution in [3.05, 3.63) is 16.1 Å². The lowest BCUT2D eigenvalue weighted by molar-refractivity contribution is -0.126. The van der Waals surface area contributed by atoms with E-state index in [9.17, 15) is 9.90 Å². The van der Waals surface area contributed by atoms with Crippen LogP contribution in [0.15, 0.2) is 5.38 Å². The highest BCUT2D eigenvalue weighted by Gasteiger charge is 2.30. The normalized spacial score (nSPS) is 24.9. The largest absolute Gasteiger partial charge is 0.392 e. The summed E-state index contributed by atoms with van der Waals surface area (Å²) in [5.41, 5.74) is 6.94. The van der Waals surface area contributed by atoms with E-state index in [1.165, 1.54) is 0 Å². The summed E-state index contributed by atoms with van der Waals surface area (Å²) in [6.07, 6.45) is 2.21. The number of nitrogens with zero attached hydrogens (tertiary/aromatic N) is 1. The predicted molar refractivity (Wildman–Crippen MR) is 91.5 cm³/mol. The number of aliphatic hydroxyl groups excluding tert-OH is 1. The minimum atomic E-state index is -0.459. The Balaban J connectivity index is 0.00000242. The third-order valence-electron chi connectivity index (χ3n) is 4.03. The lowest BCUT2D eigenvalue weighted by Gasteiger charge is -2.29. The number of aliphatic hydroxyl groups is 1. The second kappa shape index (κ2) is 8.82. The van der Waals surface area contributed by atoms with Crippen molar-refractivity contribution >= 4 is 29.7 Å². The first kappa shape index (κ1) is 19.4. The minimum Gasteiger partial charge on any atom is -0.392 e. The van der Waals surface area contributed by atoms with E-state index in [0.717, 1.165) is 23.5 Å². The number of aromatic nitrogens is 1. The number of nitrogens with two attached hydrogens (primary N) is 1. The van der Waals surface area contributed by atoms with Gasteiger partial charge in [0.1, 0.15) is 0 Å². The molecule has 1 aliphatic carbocycles. The minimum absolute atomic E-state index is 0. The summed E-state index contributed by atoms with van der Waals surface area (Å²) in [6, 6.07) is -0.276. The van der Waals surface area contributed by atoms with E-state index >= 15 is 0 Å². The van der Waals surface area contributed by atoms with Crippen molar-refractivity contribution in [3.8, 4) is 0 Å². The van der Waals surface area contributed by atoms with Gasteiger partial charge in [0.25, 0.3) is 0 Å². The van der Waals surface area contributed by atoms with Gasteiger partial charge in [0.15, 0.2) is 0 Å². The zero-order valence-corrected chi connectivity index (χ0v) is 14.8. The maximum atomic E-state index is 12.1. The van der Waals surface area contributed by atoms with Gasteiger partial charge in [-0.25, -0.2) is 4.98 Å². The molecule has 0 aliphatic heterocycles. The van der Waals surface area contributed by atoms with Crippen LogP contribution in [0, 0.1) is 5.92 Å². The molecule has 5 nitrogen and oxygen atoms in total. The molecule has 4 N–H and O–H groups in total. The van der Waals surface area contributed by atoms with Crippen molar-refractivity contribution in [2.75, 3.05) is 6.54 Å². The molecule has 0 aromatic carbocycles. The molecule has 1 amide bonds. The Hall–Kier alpha value is -0.690. The van der Waals surface area contributed by atoms with Crippen LogP contribution < -0.4 is 11.1 Å². The smallest absolute Gasteiger partial charge is 0.223 e. The Bertz CT molecular complexity index is 481. The summed E-state index contributed by atoms with van der Waals surface area (Å²) in [4.78, 5) is 16.6. The Morgan fingerprint density at radius 1 is 1.55 bits per heavy atom. The van der Waals surface area contributed by atoms with Gasteiger partial charge in [-0.15, -0.1) is 23.7 Å². The SMILES string of the molecule is CC(C)c1csc(CCNC(=O)[C@H]2CC[C@@H](O)[C@H](N)C2)n1.Cl. The number of amides is 1. The number of hydrogen-bond donors (Lipinski definition) is 3. The molecule has 1 aromatic heterocycles. The molecule has 1 fully saturated rings. The van der Waals surface area contributed by atoms with Crippen molar-refractivity contribution in [2.24, 2.45) is 11.7 Å². The Morgan fingerprint density at radius 2 is 2.27 bits per heavy atom. The van der Waals surface area contributed by atoms with Crippen LogP contribution in [0.4, 0.5) is 0 Å². The van der Waals surface area contributed by atoms with E-state index in [2.05, 4.69) is 29.5 Å². The zero-order chi connectivity index (χ0) is 15.4. The number of hydrogen-bond acceptors (Lipinski definition) is 5. The van der Waals surface area contributed by atoms with Crippen molar-refractivity contribution in [1.29, 1.82) is 0 Å². The summed E-state index contributed by atoms with van der Waals surface area (Å²) in [5, 5.41) is 15.7. The van der Waals surface area contributed by atoms with Crippen molar-refractivity contribution < 1.29 is 9.90 Å². The Kier molecular flexibility index (Phi) is 7.76. The average Bonchev–Trinajstić information content (AvgIpc) is 2.91. The summed E-state index contributed by atoms with van der Waals surface area (Å²) < 4.78 is 0. The highest BCUT2D eigenvalue weighted by Crippen LogP contribution is 2.23. The lowest BCUT2D eigenvalue weighted by Crippen LogP contribution is -2.45. The van der Waals surface area contributed by atoms with Gasteiger partial charge < -0.3 is 16.2 Å². The molecule has 0 unspecified atom stereocenters. The quantitative estimate of drug-likeness (QED) is 0.758. The second-order valence-corrected chi connectivity index (χ2v) is 7.05. The number of thiazole rings is 1. The highest BCUT2D eigenvalue weighted by molar-refractivity contribution is 7.09. The second-order valence-electron chi connectivity index (χ2n) is 6.10. The van der Waals surface area contributed by atoms with Gasteiger partial charge in [0.2, 0.25) is 5.91 Å². The van der Waals surface area contributed by atoms with E-state index in [1.54, 1.807) is 11.3 Å². The molecule has 126 valence electrons. The highest BCUT2D eigenvalue weighted by atomic mass is 35.5. The number of carbonyl (C=O) groups excluding carboxylic acids is 1. The zero-order valence-electron chi connectivity index (χ0n) is 13.1. The van der Waals surface area contributed by atoms with Gasteiger partial charge >= 0.3 is 0 Å². The van der Waals surface area contributed by atoms with E-state index in [-0.39, 0.29) is 30.3 Å². The third-order valence-corrected chi connectivity index (χ3v) is 4.96. The monoisotopic (exact) mass is 347 g/mol. The van der Waals surface area contributed by atoms with Crippen LogP contribution in [-0.4, -0.2) is 34.7 Å². The molecule has 0 radical (unpaired) electrons. The molecule has 1 heterocycles. The summed E-state index contributed by atoms with van der Waals surface area (Å²) >= 11 is 1.65. The molecule has 1 saturated carbocycles. The van der Waals surface area contributed by atoms with Crippen molar-refractivity contribution in [2.45, 2.75) is 57.6 Å². The molecule has 2 rings (SSSR count).